The molecule has 2 heterocycles. The minimum atomic E-state index is -0.109. The lowest BCUT2D eigenvalue weighted by atomic mass is 9.95. The van der Waals surface area contributed by atoms with Gasteiger partial charge in [-0.3, -0.25) is 9.59 Å². The molecule has 1 aromatic carbocycles. The number of nitrogens with zero attached hydrogens (tertiary/aromatic N) is 2. The molecule has 1 aliphatic heterocycles. The number of likely N-dealkylation sites (tertiary alicyclic amines) is 1. The minimum absolute atomic E-state index is 0.0323. The van der Waals surface area contributed by atoms with Crippen LogP contribution in [0.5, 0.6) is 11.5 Å². The second kappa shape index (κ2) is 8.18. The maximum Gasteiger partial charge on any atom is 0.254 e. The van der Waals surface area contributed by atoms with Gasteiger partial charge in [-0.25, -0.2) is 4.98 Å². The summed E-state index contributed by atoms with van der Waals surface area (Å²) in [6, 6.07) is 5.13. The third-order valence-electron chi connectivity index (χ3n) is 4.41. The third kappa shape index (κ3) is 4.13. The number of carbonyl (C=O) groups excluding carboxylic acids is 2. The van der Waals surface area contributed by atoms with Crippen LogP contribution in [0.1, 0.15) is 23.2 Å². The Hall–Kier alpha value is -2.61. The highest BCUT2D eigenvalue weighted by Gasteiger charge is 2.28. The van der Waals surface area contributed by atoms with E-state index in [1.165, 1.54) is 11.3 Å². The number of thiazole rings is 1. The van der Waals surface area contributed by atoms with Crippen molar-refractivity contribution in [2.24, 2.45) is 5.92 Å². The number of rotatable bonds is 5. The molecular weight excluding hydrogens is 354 g/mol. The Morgan fingerprint density at radius 1 is 1.15 bits per heavy atom. The number of carbonyl (C=O) groups is 2. The topological polar surface area (TPSA) is 80.8 Å². The van der Waals surface area contributed by atoms with E-state index in [0.717, 1.165) is 0 Å². The van der Waals surface area contributed by atoms with Crippen molar-refractivity contribution in [1.29, 1.82) is 0 Å². The molecule has 1 fully saturated rings. The Morgan fingerprint density at radius 3 is 2.35 bits per heavy atom. The molecular formula is C18H21N3O4S. The molecule has 0 radical (unpaired) electrons. The lowest BCUT2D eigenvalue weighted by Crippen LogP contribution is -2.41. The van der Waals surface area contributed by atoms with Crippen molar-refractivity contribution in [2.75, 3.05) is 32.6 Å². The van der Waals surface area contributed by atoms with Crippen molar-refractivity contribution in [3.63, 3.8) is 0 Å². The van der Waals surface area contributed by atoms with Gasteiger partial charge in [0.2, 0.25) is 5.91 Å². The molecule has 0 atom stereocenters. The summed E-state index contributed by atoms with van der Waals surface area (Å²) in [6.07, 6.45) is 2.91. The SMILES string of the molecule is COc1cc(OC)cc(C(=O)N2CCC(C(=O)Nc3nccs3)CC2)c1. The van der Waals surface area contributed by atoms with E-state index < -0.39 is 0 Å². The Balaban J connectivity index is 1.60. The molecule has 0 saturated carbocycles. The Labute approximate surface area is 155 Å². The summed E-state index contributed by atoms with van der Waals surface area (Å²) in [5.74, 6) is 0.926. The molecule has 1 aliphatic rings. The van der Waals surface area contributed by atoms with Gasteiger partial charge in [-0.15, -0.1) is 11.3 Å². The van der Waals surface area contributed by atoms with Crippen LogP contribution in [0.25, 0.3) is 0 Å². The average Bonchev–Trinajstić information content (AvgIpc) is 3.20. The van der Waals surface area contributed by atoms with Crippen LogP contribution in [-0.4, -0.2) is 49.0 Å². The number of hydrogen-bond donors (Lipinski definition) is 1. The predicted octanol–water partition coefficient (Wildman–Crippen LogP) is 2.65. The van der Waals surface area contributed by atoms with Crippen LogP contribution >= 0.6 is 11.3 Å². The number of benzene rings is 1. The number of hydrogen-bond acceptors (Lipinski definition) is 6. The molecule has 0 bridgehead atoms. The van der Waals surface area contributed by atoms with Gasteiger partial charge < -0.3 is 19.7 Å². The zero-order valence-electron chi connectivity index (χ0n) is 14.7. The van der Waals surface area contributed by atoms with Crippen LogP contribution in [0.2, 0.25) is 0 Å². The van der Waals surface area contributed by atoms with E-state index in [2.05, 4.69) is 10.3 Å². The zero-order valence-corrected chi connectivity index (χ0v) is 15.5. The van der Waals surface area contributed by atoms with E-state index >= 15 is 0 Å². The van der Waals surface area contributed by atoms with Crippen LogP contribution in [-0.2, 0) is 4.79 Å². The van der Waals surface area contributed by atoms with Crippen molar-refractivity contribution < 1.29 is 19.1 Å². The summed E-state index contributed by atoms with van der Waals surface area (Å²) in [4.78, 5) is 30.9. The van der Waals surface area contributed by atoms with E-state index in [4.69, 9.17) is 9.47 Å². The number of methoxy groups -OCH3 is 2. The van der Waals surface area contributed by atoms with Gasteiger partial charge in [0.25, 0.3) is 5.91 Å². The van der Waals surface area contributed by atoms with Crippen LogP contribution in [0, 0.1) is 5.92 Å². The number of aromatic nitrogens is 1. The van der Waals surface area contributed by atoms with Gasteiger partial charge >= 0.3 is 0 Å². The fraction of sp³-hybridized carbons (Fsp3) is 0.389. The van der Waals surface area contributed by atoms with Gasteiger partial charge in [-0.2, -0.15) is 0 Å². The third-order valence-corrected chi connectivity index (χ3v) is 5.10. The Kier molecular flexibility index (Phi) is 5.72. The van der Waals surface area contributed by atoms with Crippen LogP contribution in [0.3, 0.4) is 0 Å². The van der Waals surface area contributed by atoms with Crippen LogP contribution < -0.4 is 14.8 Å². The van der Waals surface area contributed by atoms with Gasteiger partial charge in [0.05, 0.1) is 14.2 Å². The smallest absolute Gasteiger partial charge is 0.254 e. The fourth-order valence-electron chi connectivity index (χ4n) is 2.95. The lowest BCUT2D eigenvalue weighted by molar-refractivity contribution is -0.121. The molecule has 0 aliphatic carbocycles. The predicted molar refractivity (Wildman–Crippen MR) is 98.9 cm³/mol. The second-order valence-electron chi connectivity index (χ2n) is 5.99. The summed E-state index contributed by atoms with van der Waals surface area (Å²) in [7, 11) is 3.10. The van der Waals surface area contributed by atoms with E-state index in [9.17, 15) is 9.59 Å². The lowest BCUT2D eigenvalue weighted by Gasteiger charge is -2.31. The minimum Gasteiger partial charge on any atom is -0.497 e. The first-order valence-corrected chi connectivity index (χ1v) is 9.21. The zero-order chi connectivity index (χ0) is 18.5. The van der Waals surface area contributed by atoms with Crippen LogP contribution in [0.15, 0.2) is 29.8 Å². The largest absolute Gasteiger partial charge is 0.497 e. The van der Waals surface area contributed by atoms with Crippen LogP contribution in [0.4, 0.5) is 5.13 Å². The number of ether oxygens (including phenoxy) is 2. The molecule has 26 heavy (non-hydrogen) atoms. The first-order chi connectivity index (χ1) is 12.6. The highest BCUT2D eigenvalue weighted by Crippen LogP contribution is 2.26. The standard InChI is InChI=1S/C18H21N3O4S/c1-24-14-9-13(10-15(11-14)25-2)17(23)21-6-3-12(4-7-21)16(22)20-18-19-5-8-26-18/h5,8-12H,3-4,6-7H2,1-2H3,(H,19,20,22). The first kappa shape index (κ1) is 18.2. The number of nitrogens with one attached hydrogen (secondary N) is 1. The summed E-state index contributed by atoms with van der Waals surface area (Å²) < 4.78 is 10.4. The highest BCUT2D eigenvalue weighted by molar-refractivity contribution is 7.13. The molecule has 7 nitrogen and oxygen atoms in total. The molecule has 2 amide bonds. The second-order valence-corrected chi connectivity index (χ2v) is 6.89. The number of anilines is 1. The van der Waals surface area contributed by atoms with E-state index in [0.29, 0.717) is 48.1 Å². The summed E-state index contributed by atoms with van der Waals surface area (Å²) >= 11 is 1.39. The molecule has 1 N–H and O–H groups in total. The molecule has 8 heteroatoms. The summed E-state index contributed by atoms with van der Waals surface area (Å²) in [5, 5.41) is 5.26. The van der Waals surface area contributed by atoms with E-state index in [1.807, 2.05) is 5.38 Å². The van der Waals surface area contributed by atoms with Gasteiger partial charge in [0.15, 0.2) is 5.13 Å². The summed E-state index contributed by atoms with van der Waals surface area (Å²) in [5.41, 5.74) is 0.520. The molecule has 1 saturated heterocycles. The van der Waals surface area contributed by atoms with Gasteiger partial charge in [0.1, 0.15) is 11.5 Å². The number of piperidine rings is 1. The monoisotopic (exact) mass is 375 g/mol. The normalized spacial score (nSPS) is 14.8. The number of amides is 2. The summed E-state index contributed by atoms with van der Waals surface area (Å²) in [6.45, 7) is 1.07. The van der Waals surface area contributed by atoms with E-state index in [1.54, 1.807) is 43.5 Å². The van der Waals surface area contributed by atoms with Crippen molar-refractivity contribution in [2.45, 2.75) is 12.8 Å². The first-order valence-electron chi connectivity index (χ1n) is 8.33. The fourth-order valence-corrected chi connectivity index (χ4v) is 3.48. The molecule has 1 aromatic heterocycles. The van der Waals surface area contributed by atoms with Gasteiger partial charge in [-0.05, 0) is 25.0 Å². The average molecular weight is 375 g/mol. The molecule has 0 unspecified atom stereocenters. The molecule has 3 rings (SSSR count). The maximum absolute atomic E-state index is 12.8. The quantitative estimate of drug-likeness (QED) is 0.869. The Bertz CT molecular complexity index is 748. The van der Waals surface area contributed by atoms with Crippen molar-refractivity contribution in [3.8, 4) is 11.5 Å². The molecule has 138 valence electrons. The van der Waals surface area contributed by atoms with Crippen molar-refractivity contribution in [3.05, 3.63) is 35.3 Å². The van der Waals surface area contributed by atoms with E-state index in [-0.39, 0.29) is 17.7 Å². The van der Waals surface area contributed by atoms with Gasteiger partial charge in [-0.1, -0.05) is 0 Å². The van der Waals surface area contributed by atoms with Crippen molar-refractivity contribution >= 4 is 28.3 Å². The Morgan fingerprint density at radius 2 is 1.81 bits per heavy atom. The van der Waals surface area contributed by atoms with Gasteiger partial charge in [0, 0.05) is 42.2 Å². The molecule has 2 aromatic rings. The molecule has 0 spiro atoms. The highest BCUT2D eigenvalue weighted by atomic mass is 32.1. The van der Waals surface area contributed by atoms with Crippen molar-refractivity contribution in [1.82, 2.24) is 9.88 Å². The maximum atomic E-state index is 12.8.